The van der Waals surface area contributed by atoms with Crippen LogP contribution in [0.4, 0.5) is 0 Å². The van der Waals surface area contributed by atoms with E-state index in [1.54, 1.807) is 6.33 Å². The van der Waals surface area contributed by atoms with Gasteiger partial charge < -0.3 is 5.32 Å². The largest absolute Gasteiger partial charge is 0.316 e. The van der Waals surface area contributed by atoms with Crippen LogP contribution < -0.4 is 5.32 Å². The Morgan fingerprint density at radius 2 is 2.16 bits per heavy atom. The van der Waals surface area contributed by atoms with E-state index in [0.29, 0.717) is 5.92 Å². The fourth-order valence-corrected chi connectivity index (χ4v) is 2.82. The summed E-state index contributed by atoms with van der Waals surface area (Å²) in [6.07, 6.45) is 6.76. The van der Waals surface area contributed by atoms with Crippen molar-refractivity contribution in [3.05, 3.63) is 12.2 Å². The van der Waals surface area contributed by atoms with Crippen LogP contribution in [0.5, 0.6) is 0 Å². The number of rotatable bonds is 8. The second-order valence-electron chi connectivity index (χ2n) is 6.26. The molecular formula is C15H28N4. The average Bonchev–Trinajstić information content (AvgIpc) is 2.77. The lowest BCUT2D eigenvalue weighted by Crippen LogP contribution is -2.37. The number of hydrogen-bond acceptors (Lipinski definition) is 3. The van der Waals surface area contributed by atoms with Gasteiger partial charge in [-0.25, -0.2) is 9.67 Å². The molecular weight excluding hydrogens is 236 g/mol. The molecule has 1 fully saturated rings. The van der Waals surface area contributed by atoms with Crippen molar-refractivity contribution in [3.8, 4) is 0 Å². The van der Waals surface area contributed by atoms with E-state index in [-0.39, 0.29) is 0 Å². The van der Waals surface area contributed by atoms with E-state index in [4.69, 9.17) is 0 Å². The summed E-state index contributed by atoms with van der Waals surface area (Å²) in [5.41, 5.74) is 0. The Labute approximate surface area is 117 Å². The minimum Gasteiger partial charge on any atom is -0.316 e. The molecule has 0 saturated heterocycles. The molecule has 1 aliphatic carbocycles. The normalized spacial score (nSPS) is 22.7. The van der Waals surface area contributed by atoms with Crippen LogP contribution in [0.3, 0.4) is 0 Å². The zero-order valence-corrected chi connectivity index (χ0v) is 12.6. The number of hydrogen-bond donors (Lipinski definition) is 1. The van der Waals surface area contributed by atoms with Crippen molar-refractivity contribution in [2.24, 2.45) is 17.8 Å². The van der Waals surface area contributed by atoms with Crippen LogP contribution in [0, 0.1) is 17.8 Å². The molecule has 1 aromatic heterocycles. The highest BCUT2D eigenvalue weighted by molar-refractivity contribution is 4.93. The molecule has 0 aromatic carbocycles. The van der Waals surface area contributed by atoms with Crippen molar-refractivity contribution in [3.63, 3.8) is 0 Å². The first-order chi connectivity index (χ1) is 9.20. The lowest BCUT2D eigenvalue weighted by atomic mass is 9.71. The van der Waals surface area contributed by atoms with E-state index in [1.807, 2.05) is 0 Å². The summed E-state index contributed by atoms with van der Waals surface area (Å²) in [5.74, 6) is 3.46. The second kappa shape index (κ2) is 7.04. The van der Waals surface area contributed by atoms with Crippen LogP contribution in [-0.4, -0.2) is 27.9 Å². The van der Waals surface area contributed by atoms with Gasteiger partial charge in [-0.3, -0.25) is 0 Å². The molecule has 0 bridgehead atoms. The predicted molar refractivity (Wildman–Crippen MR) is 77.9 cm³/mol. The predicted octanol–water partition coefficient (Wildman–Crippen LogP) is 2.50. The lowest BCUT2D eigenvalue weighted by Gasteiger charge is -2.36. The van der Waals surface area contributed by atoms with Crippen molar-refractivity contribution < 1.29 is 0 Å². The number of nitrogens with one attached hydrogen (secondary N) is 1. The summed E-state index contributed by atoms with van der Waals surface area (Å²) in [7, 11) is 0. The van der Waals surface area contributed by atoms with Gasteiger partial charge in [-0.1, -0.05) is 20.8 Å². The monoisotopic (exact) mass is 264 g/mol. The number of nitrogens with zero attached hydrogens (tertiary/aromatic N) is 3. The molecule has 0 aliphatic heterocycles. The summed E-state index contributed by atoms with van der Waals surface area (Å²) in [6, 6.07) is 0. The molecule has 2 unspecified atom stereocenters. The first-order valence-corrected chi connectivity index (χ1v) is 7.78. The second-order valence-corrected chi connectivity index (χ2v) is 6.26. The molecule has 1 aromatic rings. The first-order valence-electron chi connectivity index (χ1n) is 7.78. The maximum absolute atomic E-state index is 4.45. The van der Waals surface area contributed by atoms with Gasteiger partial charge in [-0.2, -0.15) is 5.10 Å². The van der Waals surface area contributed by atoms with Gasteiger partial charge in [0.05, 0.1) is 0 Å². The lowest BCUT2D eigenvalue weighted by molar-refractivity contribution is 0.166. The van der Waals surface area contributed by atoms with Crippen molar-refractivity contribution in [2.45, 2.75) is 53.0 Å². The Morgan fingerprint density at radius 1 is 1.37 bits per heavy atom. The van der Waals surface area contributed by atoms with Crippen molar-refractivity contribution in [2.75, 3.05) is 13.1 Å². The van der Waals surface area contributed by atoms with Crippen molar-refractivity contribution in [1.29, 1.82) is 0 Å². The Balaban J connectivity index is 1.82. The van der Waals surface area contributed by atoms with E-state index in [0.717, 1.165) is 31.3 Å². The fraction of sp³-hybridized carbons (Fsp3) is 0.867. The molecule has 0 radical (unpaired) electrons. The molecule has 0 spiro atoms. The molecule has 1 heterocycles. The molecule has 0 amide bonds. The summed E-state index contributed by atoms with van der Waals surface area (Å²) >= 11 is 0. The van der Waals surface area contributed by atoms with Crippen LogP contribution in [-0.2, 0) is 13.0 Å². The quantitative estimate of drug-likeness (QED) is 0.734. The van der Waals surface area contributed by atoms with Crippen molar-refractivity contribution >= 4 is 0 Å². The fourth-order valence-electron chi connectivity index (χ4n) is 2.82. The van der Waals surface area contributed by atoms with Crippen LogP contribution in [0.25, 0.3) is 0 Å². The minimum atomic E-state index is 0.629. The van der Waals surface area contributed by atoms with Gasteiger partial charge in [0.2, 0.25) is 0 Å². The Morgan fingerprint density at radius 3 is 2.79 bits per heavy atom. The van der Waals surface area contributed by atoms with Gasteiger partial charge in [0.15, 0.2) is 0 Å². The molecule has 108 valence electrons. The molecule has 1 N–H and O–H groups in total. The highest BCUT2D eigenvalue weighted by atomic mass is 15.3. The van der Waals surface area contributed by atoms with Crippen LogP contribution in [0.2, 0.25) is 0 Å². The third kappa shape index (κ3) is 4.03. The Kier molecular flexibility index (Phi) is 5.37. The van der Waals surface area contributed by atoms with E-state index >= 15 is 0 Å². The molecule has 2 rings (SSSR count). The zero-order chi connectivity index (χ0) is 13.7. The zero-order valence-electron chi connectivity index (χ0n) is 12.6. The van der Waals surface area contributed by atoms with Crippen LogP contribution >= 0.6 is 0 Å². The maximum Gasteiger partial charge on any atom is 0.138 e. The molecule has 4 nitrogen and oxygen atoms in total. The smallest absolute Gasteiger partial charge is 0.138 e. The summed E-state index contributed by atoms with van der Waals surface area (Å²) < 4.78 is 2.10. The number of aromatic nitrogens is 3. The van der Waals surface area contributed by atoms with Gasteiger partial charge in [0, 0.05) is 13.0 Å². The molecule has 19 heavy (non-hydrogen) atoms. The highest BCUT2D eigenvalue weighted by Gasteiger charge is 2.31. The third-order valence-electron chi connectivity index (χ3n) is 4.09. The SMILES string of the molecule is CCCNCC1CCC1Cc1ncnn1CC(C)C. The molecule has 4 heteroatoms. The summed E-state index contributed by atoms with van der Waals surface area (Å²) in [4.78, 5) is 4.45. The van der Waals surface area contributed by atoms with E-state index < -0.39 is 0 Å². The van der Waals surface area contributed by atoms with Gasteiger partial charge in [-0.15, -0.1) is 0 Å². The van der Waals surface area contributed by atoms with E-state index in [2.05, 4.69) is 40.9 Å². The van der Waals surface area contributed by atoms with E-state index in [1.165, 1.54) is 31.6 Å². The maximum atomic E-state index is 4.45. The van der Waals surface area contributed by atoms with Gasteiger partial charge in [-0.05, 0) is 50.1 Å². The van der Waals surface area contributed by atoms with Gasteiger partial charge in [0.25, 0.3) is 0 Å². The van der Waals surface area contributed by atoms with Crippen LogP contribution in [0.15, 0.2) is 6.33 Å². The van der Waals surface area contributed by atoms with Gasteiger partial charge >= 0.3 is 0 Å². The van der Waals surface area contributed by atoms with Crippen LogP contribution in [0.1, 0.15) is 45.9 Å². The van der Waals surface area contributed by atoms with Crippen molar-refractivity contribution in [1.82, 2.24) is 20.1 Å². The highest BCUT2D eigenvalue weighted by Crippen LogP contribution is 2.35. The molecule has 1 saturated carbocycles. The molecule has 2 atom stereocenters. The molecule has 1 aliphatic rings. The average molecular weight is 264 g/mol. The third-order valence-corrected chi connectivity index (χ3v) is 4.09. The summed E-state index contributed by atoms with van der Waals surface area (Å²) in [6.45, 7) is 9.99. The summed E-state index contributed by atoms with van der Waals surface area (Å²) in [5, 5.41) is 7.91. The standard InChI is InChI=1S/C15H28N4/c1-4-7-16-9-14-6-5-13(14)8-15-17-11-18-19(15)10-12(2)3/h11-14,16H,4-10H2,1-3H3. The van der Waals surface area contributed by atoms with E-state index in [9.17, 15) is 0 Å². The van der Waals surface area contributed by atoms with Gasteiger partial charge in [0.1, 0.15) is 12.2 Å². The topological polar surface area (TPSA) is 42.7 Å². The Bertz CT molecular complexity index is 372. The first kappa shape index (κ1) is 14.5. The Hall–Kier alpha value is -0.900. The minimum absolute atomic E-state index is 0.629.